The van der Waals surface area contributed by atoms with E-state index in [1.165, 1.54) is 0 Å². The van der Waals surface area contributed by atoms with Crippen molar-refractivity contribution in [2.45, 2.75) is 59.8 Å². The molecule has 6 N–H and O–H groups in total. The lowest BCUT2D eigenvalue weighted by atomic mass is 9.89. The Balaban J connectivity index is 2.60. The van der Waals surface area contributed by atoms with Crippen molar-refractivity contribution in [1.29, 1.82) is 0 Å². The van der Waals surface area contributed by atoms with Crippen LogP contribution in [0.3, 0.4) is 0 Å². The number of hydrogen-bond donors (Lipinski definition) is 4. The molecule has 0 aliphatic heterocycles. The summed E-state index contributed by atoms with van der Waals surface area (Å²) < 4.78 is 0. The van der Waals surface area contributed by atoms with Crippen molar-refractivity contribution < 1.29 is 10.2 Å². The highest BCUT2D eigenvalue weighted by Gasteiger charge is 2.17. The van der Waals surface area contributed by atoms with Crippen molar-refractivity contribution in [3.63, 3.8) is 0 Å². The smallest absolute Gasteiger partial charge is 0.141 e. The summed E-state index contributed by atoms with van der Waals surface area (Å²) in [7, 11) is 0. The van der Waals surface area contributed by atoms with Crippen LogP contribution in [0.15, 0.2) is 12.1 Å². The molecule has 0 atom stereocenters. The molecule has 136 valence electrons. The first-order valence-electron chi connectivity index (χ1n) is 9.01. The van der Waals surface area contributed by atoms with Gasteiger partial charge >= 0.3 is 0 Å². The van der Waals surface area contributed by atoms with Gasteiger partial charge in [0, 0.05) is 0 Å². The third kappa shape index (κ3) is 3.68. The van der Waals surface area contributed by atoms with E-state index in [0.29, 0.717) is 17.8 Å². The summed E-state index contributed by atoms with van der Waals surface area (Å²) in [6.45, 7) is 7.94. The van der Waals surface area contributed by atoms with Gasteiger partial charge in [-0.1, -0.05) is 38.8 Å². The zero-order chi connectivity index (χ0) is 18.7. The molecule has 2 rings (SSSR count). The molecule has 0 unspecified atom stereocenters. The van der Waals surface area contributed by atoms with Gasteiger partial charge in [0.05, 0.1) is 11.4 Å². The average molecular weight is 342 g/mol. The van der Waals surface area contributed by atoms with Gasteiger partial charge in [0.25, 0.3) is 0 Å². The number of aromatic hydroxyl groups is 2. The Labute approximate surface area is 150 Å². The van der Waals surface area contributed by atoms with Crippen LogP contribution in [-0.4, -0.2) is 10.2 Å². The van der Waals surface area contributed by atoms with Crippen molar-refractivity contribution in [3.8, 4) is 11.5 Å². The Morgan fingerprint density at radius 3 is 1.44 bits per heavy atom. The summed E-state index contributed by atoms with van der Waals surface area (Å²) in [5, 5.41) is 20.4. The van der Waals surface area contributed by atoms with Crippen LogP contribution in [0.2, 0.25) is 0 Å². The summed E-state index contributed by atoms with van der Waals surface area (Å²) in [4.78, 5) is 0. The predicted octanol–water partition coefficient (Wildman–Crippen LogP) is 4.37. The number of rotatable bonds is 6. The normalized spacial score (nSPS) is 11.0. The van der Waals surface area contributed by atoms with Gasteiger partial charge in [-0.2, -0.15) is 0 Å². The number of benzene rings is 2. The van der Waals surface area contributed by atoms with Crippen molar-refractivity contribution in [2.75, 3.05) is 11.5 Å². The number of phenols is 2. The van der Waals surface area contributed by atoms with Gasteiger partial charge in [0.15, 0.2) is 0 Å². The molecule has 0 aliphatic carbocycles. The van der Waals surface area contributed by atoms with Gasteiger partial charge in [-0.05, 0) is 66.5 Å². The van der Waals surface area contributed by atoms with Crippen molar-refractivity contribution in [3.05, 3.63) is 45.5 Å². The molecule has 0 aliphatic rings. The Kier molecular flexibility index (Phi) is 5.83. The first-order chi connectivity index (χ1) is 11.8. The number of nitrogen functional groups attached to an aromatic ring is 2. The second-order valence-corrected chi connectivity index (χ2v) is 6.86. The SMILES string of the molecule is CCCc1c(Cc2cc(C)c(O)c(N)c2CCC)cc(C)c(O)c1N. The third-order valence-electron chi connectivity index (χ3n) is 4.85. The largest absolute Gasteiger partial charge is 0.506 e. The zero-order valence-electron chi connectivity index (χ0n) is 15.7. The molecule has 2 aromatic carbocycles. The van der Waals surface area contributed by atoms with Gasteiger partial charge in [0.2, 0.25) is 0 Å². The number of phenolic OH excluding ortho intramolecular Hbond substituents is 2. The lowest BCUT2D eigenvalue weighted by Crippen LogP contribution is -2.07. The molecule has 0 amide bonds. The van der Waals surface area contributed by atoms with Gasteiger partial charge in [0.1, 0.15) is 11.5 Å². The summed E-state index contributed by atoms with van der Waals surface area (Å²) in [6.07, 6.45) is 4.26. The summed E-state index contributed by atoms with van der Waals surface area (Å²) in [5.74, 6) is 0.366. The minimum atomic E-state index is 0.183. The van der Waals surface area contributed by atoms with Crippen LogP contribution in [-0.2, 0) is 19.3 Å². The molecule has 0 fully saturated rings. The Hall–Kier alpha value is -2.36. The van der Waals surface area contributed by atoms with Crippen LogP contribution >= 0.6 is 0 Å². The van der Waals surface area contributed by atoms with Gasteiger partial charge in [-0.25, -0.2) is 0 Å². The predicted molar refractivity (Wildman–Crippen MR) is 105 cm³/mol. The third-order valence-corrected chi connectivity index (χ3v) is 4.85. The molecular weight excluding hydrogens is 312 g/mol. The van der Waals surface area contributed by atoms with E-state index in [1.54, 1.807) is 0 Å². The monoisotopic (exact) mass is 342 g/mol. The molecule has 0 saturated heterocycles. The van der Waals surface area contributed by atoms with Gasteiger partial charge in [-0.3, -0.25) is 0 Å². The van der Waals surface area contributed by atoms with Crippen molar-refractivity contribution in [1.82, 2.24) is 0 Å². The van der Waals surface area contributed by atoms with Crippen LogP contribution in [0.4, 0.5) is 11.4 Å². The van der Waals surface area contributed by atoms with Crippen LogP contribution in [0.25, 0.3) is 0 Å². The van der Waals surface area contributed by atoms with E-state index < -0.39 is 0 Å². The maximum absolute atomic E-state index is 10.2. The molecule has 0 spiro atoms. The molecule has 0 saturated carbocycles. The average Bonchev–Trinajstić information content (AvgIpc) is 2.58. The van der Waals surface area contributed by atoms with E-state index >= 15 is 0 Å². The summed E-state index contributed by atoms with van der Waals surface area (Å²) in [5.41, 5.74) is 19.2. The topological polar surface area (TPSA) is 92.5 Å². The standard InChI is InChI=1S/C21H30N2O2/c1-5-7-16-14(9-12(3)20(24)18(16)22)11-15-10-13(4)21(25)19(23)17(15)8-6-2/h9-10,24-25H,5-8,11,22-23H2,1-4H3. The van der Waals surface area contributed by atoms with Crippen LogP contribution in [0, 0.1) is 13.8 Å². The van der Waals surface area contributed by atoms with E-state index in [2.05, 4.69) is 13.8 Å². The van der Waals surface area contributed by atoms with Crippen LogP contribution < -0.4 is 11.5 Å². The highest BCUT2D eigenvalue weighted by atomic mass is 16.3. The second-order valence-electron chi connectivity index (χ2n) is 6.86. The first kappa shape index (κ1) is 19.0. The molecule has 0 radical (unpaired) electrons. The van der Waals surface area contributed by atoms with E-state index in [4.69, 9.17) is 11.5 Å². The molecule has 4 nitrogen and oxygen atoms in total. The maximum Gasteiger partial charge on any atom is 0.141 e. The highest BCUT2D eigenvalue weighted by Crippen LogP contribution is 2.37. The summed E-state index contributed by atoms with van der Waals surface area (Å²) >= 11 is 0. The number of aryl methyl sites for hydroxylation is 2. The van der Waals surface area contributed by atoms with Gasteiger partial charge in [-0.15, -0.1) is 0 Å². The van der Waals surface area contributed by atoms with Gasteiger partial charge < -0.3 is 21.7 Å². The van der Waals surface area contributed by atoms with E-state index in [0.717, 1.165) is 59.1 Å². The van der Waals surface area contributed by atoms with E-state index in [-0.39, 0.29) is 11.5 Å². The van der Waals surface area contributed by atoms with Crippen LogP contribution in [0.5, 0.6) is 11.5 Å². The Bertz CT molecular complexity index is 717. The Morgan fingerprint density at radius 1 is 0.760 bits per heavy atom. The molecule has 0 heterocycles. The fourth-order valence-electron chi connectivity index (χ4n) is 3.50. The molecule has 0 aromatic heterocycles. The van der Waals surface area contributed by atoms with Crippen molar-refractivity contribution >= 4 is 11.4 Å². The van der Waals surface area contributed by atoms with E-state index in [9.17, 15) is 10.2 Å². The lowest BCUT2D eigenvalue weighted by molar-refractivity contribution is 0.473. The zero-order valence-corrected chi connectivity index (χ0v) is 15.7. The molecule has 2 aromatic rings. The summed E-state index contributed by atoms with van der Waals surface area (Å²) in [6, 6.07) is 4.04. The Morgan fingerprint density at radius 2 is 1.12 bits per heavy atom. The molecule has 25 heavy (non-hydrogen) atoms. The lowest BCUT2D eigenvalue weighted by Gasteiger charge is -2.19. The minimum Gasteiger partial charge on any atom is -0.506 e. The second kappa shape index (κ2) is 7.68. The number of anilines is 2. The highest BCUT2D eigenvalue weighted by molar-refractivity contribution is 5.67. The minimum absolute atomic E-state index is 0.183. The van der Waals surface area contributed by atoms with Crippen molar-refractivity contribution in [2.24, 2.45) is 0 Å². The fourth-order valence-corrected chi connectivity index (χ4v) is 3.50. The quantitative estimate of drug-likeness (QED) is 0.463. The molecular formula is C21H30N2O2. The molecule has 4 heteroatoms. The number of hydrogen-bond acceptors (Lipinski definition) is 4. The fraction of sp³-hybridized carbons (Fsp3) is 0.429. The number of nitrogens with two attached hydrogens (primary N) is 2. The first-order valence-corrected chi connectivity index (χ1v) is 9.01. The maximum atomic E-state index is 10.2. The van der Waals surface area contributed by atoms with E-state index in [1.807, 2.05) is 26.0 Å². The molecule has 0 bridgehead atoms. The van der Waals surface area contributed by atoms with Crippen LogP contribution in [0.1, 0.15) is 60.1 Å².